The van der Waals surface area contributed by atoms with Crippen molar-refractivity contribution in [2.45, 2.75) is 25.8 Å². The Morgan fingerprint density at radius 1 is 1.11 bits per heavy atom. The predicted octanol–water partition coefficient (Wildman–Crippen LogP) is 1.95. The van der Waals surface area contributed by atoms with Crippen LogP contribution < -0.4 is 21.7 Å². The molecule has 1 aliphatic rings. The number of nitrogens with two attached hydrogens (primary N) is 1. The maximum Gasteiger partial charge on any atom is 0.123 e. The average molecular weight is 390 g/mol. The second-order valence-corrected chi connectivity index (χ2v) is 7.23. The van der Waals surface area contributed by atoms with Crippen molar-refractivity contribution in [3.8, 4) is 0 Å². The summed E-state index contributed by atoms with van der Waals surface area (Å²) in [5, 5.41) is 10.7. The summed E-state index contributed by atoms with van der Waals surface area (Å²) in [7, 11) is 0. The van der Waals surface area contributed by atoms with E-state index in [-0.39, 0.29) is 12.4 Å². The quantitative estimate of drug-likeness (QED) is 0.493. The van der Waals surface area contributed by atoms with Gasteiger partial charge in [-0.1, -0.05) is 30.3 Å². The topological polar surface area (TPSA) is 75.0 Å². The molecule has 5 N–H and O–H groups in total. The van der Waals surface area contributed by atoms with Gasteiger partial charge in [0.1, 0.15) is 5.82 Å². The lowest BCUT2D eigenvalue weighted by molar-refractivity contribution is 0.419. The summed E-state index contributed by atoms with van der Waals surface area (Å²) in [6, 6.07) is 15.2. The first-order valence-corrected chi connectivity index (χ1v) is 9.62. The van der Waals surface area contributed by atoms with Gasteiger partial charge in [-0.15, -0.1) is 12.4 Å². The molecule has 1 aliphatic heterocycles. The van der Waals surface area contributed by atoms with Crippen LogP contribution in [0.2, 0.25) is 0 Å². The third kappa shape index (κ3) is 7.11. The van der Waals surface area contributed by atoms with E-state index >= 15 is 0 Å². The van der Waals surface area contributed by atoms with E-state index in [1.807, 2.05) is 6.07 Å². The maximum atomic E-state index is 5.89. The lowest BCUT2D eigenvalue weighted by Gasteiger charge is -2.20. The molecule has 3 rings (SSSR count). The molecule has 2 heterocycles. The smallest absolute Gasteiger partial charge is 0.123 e. The second-order valence-electron chi connectivity index (χ2n) is 7.23. The van der Waals surface area contributed by atoms with Crippen LogP contribution in [0.15, 0.2) is 42.5 Å². The fraction of sp³-hybridized carbons (Fsp3) is 0.476. The predicted molar refractivity (Wildman–Crippen MR) is 116 cm³/mol. The van der Waals surface area contributed by atoms with Gasteiger partial charge >= 0.3 is 0 Å². The zero-order valence-electron chi connectivity index (χ0n) is 16.1. The highest BCUT2D eigenvalue weighted by molar-refractivity contribution is 5.85. The molecule has 148 valence electrons. The first-order chi connectivity index (χ1) is 12.7. The Balaban J connectivity index is 0.00000261. The van der Waals surface area contributed by atoms with Crippen LogP contribution >= 0.6 is 12.4 Å². The Morgan fingerprint density at radius 3 is 2.70 bits per heavy atom. The van der Waals surface area contributed by atoms with Crippen molar-refractivity contribution in [3.63, 3.8) is 0 Å². The molecule has 2 atom stereocenters. The summed E-state index contributed by atoms with van der Waals surface area (Å²) in [6.45, 7) is 7.13. The summed E-state index contributed by atoms with van der Waals surface area (Å²) in [5.41, 5.74) is 9.56. The first-order valence-electron chi connectivity index (χ1n) is 9.62. The largest absolute Gasteiger partial charge is 0.384 e. The molecule has 2 aromatic rings. The molecule has 0 spiro atoms. The van der Waals surface area contributed by atoms with Crippen molar-refractivity contribution in [1.29, 1.82) is 0 Å². The van der Waals surface area contributed by atoms with Crippen molar-refractivity contribution < 1.29 is 0 Å². The normalized spacial score (nSPS) is 19.0. The Labute approximate surface area is 168 Å². The van der Waals surface area contributed by atoms with Gasteiger partial charge in [0, 0.05) is 31.4 Å². The second kappa shape index (κ2) is 11.2. The van der Waals surface area contributed by atoms with Crippen LogP contribution in [0.3, 0.4) is 0 Å². The van der Waals surface area contributed by atoms with E-state index < -0.39 is 0 Å². The number of aromatic nitrogens is 1. The first kappa shape index (κ1) is 21.6. The summed E-state index contributed by atoms with van der Waals surface area (Å²) >= 11 is 0. The highest BCUT2D eigenvalue weighted by Crippen LogP contribution is 2.17. The van der Waals surface area contributed by atoms with Gasteiger partial charge in [-0.2, -0.15) is 0 Å². The van der Waals surface area contributed by atoms with Crippen molar-refractivity contribution in [2.75, 3.05) is 38.5 Å². The fourth-order valence-electron chi connectivity index (χ4n) is 3.68. The monoisotopic (exact) mass is 389 g/mol. The van der Waals surface area contributed by atoms with Crippen molar-refractivity contribution in [1.82, 2.24) is 20.9 Å². The van der Waals surface area contributed by atoms with E-state index in [4.69, 9.17) is 5.73 Å². The van der Waals surface area contributed by atoms with E-state index in [2.05, 4.69) is 64.3 Å². The Bertz CT molecular complexity index is 659. The zero-order valence-corrected chi connectivity index (χ0v) is 16.9. The molecule has 1 fully saturated rings. The number of anilines is 1. The number of benzene rings is 1. The van der Waals surface area contributed by atoms with Crippen LogP contribution in [0.4, 0.5) is 5.82 Å². The molecule has 0 aliphatic carbocycles. The maximum absolute atomic E-state index is 5.89. The van der Waals surface area contributed by atoms with Crippen LogP contribution in [-0.4, -0.2) is 43.7 Å². The number of nitrogen functional groups attached to an aromatic ring is 1. The number of hydrogen-bond donors (Lipinski definition) is 4. The van der Waals surface area contributed by atoms with Crippen LogP contribution in [0.25, 0.3) is 0 Å². The van der Waals surface area contributed by atoms with Crippen LogP contribution in [-0.2, 0) is 12.8 Å². The SMILES string of the molecule is Cc1cc(N)nc(C[C@H]2CNC[C@H]2NCCNCCc2ccccc2)c1.Cl. The minimum absolute atomic E-state index is 0. The van der Waals surface area contributed by atoms with E-state index in [9.17, 15) is 0 Å². The number of rotatable bonds is 9. The van der Waals surface area contributed by atoms with Gasteiger partial charge in [0.2, 0.25) is 0 Å². The molecule has 1 aromatic carbocycles. The molecular weight excluding hydrogens is 358 g/mol. The molecule has 0 bridgehead atoms. The van der Waals surface area contributed by atoms with Crippen molar-refractivity contribution >= 4 is 18.2 Å². The van der Waals surface area contributed by atoms with Crippen molar-refractivity contribution in [2.24, 2.45) is 5.92 Å². The molecule has 0 radical (unpaired) electrons. The lowest BCUT2D eigenvalue weighted by atomic mass is 9.97. The molecule has 5 nitrogen and oxygen atoms in total. The highest BCUT2D eigenvalue weighted by Gasteiger charge is 2.26. The van der Waals surface area contributed by atoms with Crippen molar-refractivity contribution in [3.05, 3.63) is 59.3 Å². The molecule has 27 heavy (non-hydrogen) atoms. The van der Waals surface area contributed by atoms with Gasteiger partial charge in [0.05, 0.1) is 0 Å². The third-order valence-corrected chi connectivity index (χ3v) is 5.00. The third-order valence-electron chi connectivity index (χ3n) is 5.00. The number of hydrogen-bond acceptors (Lipinski definition) is 5. The summed E-state index contributed by atoms with van der Waals surface area (Å²) in [5.74, 6) is 1.19. The zero-order chi connectivity index (χ0) is 18.2. The number of halogens is 1. The Morgan fingerprint density at radius 2 is 1.93 bits per heavy atom. The lowest BCUT2D eigenvalue weighted by Crippen LogP contribution is -2.40. The highest BCUT2D eigenvalue weighted by atomic mass is 35.5. The van der Waals surface area contributed by atoms with E-state index in [0.29, 0.717) is 17.8 Å². The summed E-state index contributed by atoms with van der Waals surface area (Å²) in [6.07, 6.45) is 2.05. The summed E-state index contributed by atoms with van der Waals surface area (Å²) < 4.78 is 0. The Hall–Kier alpha value is -1.66. The minimum Gasteiger partial charge on any atom is -0.384 e. The van der Waals surface area contributed by atoms with Crippen LogP contribution in [0, 0.1) is 12.8 Å². The number of nitrogens with zero attached hydrogens (tertiary/aromatic N) is 1. The molecular formula is C21H32ClN5. The molecule has 0 unspecified atom stereocenters. The molecule has 0 amide bonds. The van der Waals surface area contributed by atoms with Crippen LogP contribution in [0.5, 0.6) is 0 Å². The van der Waals surface area contributed by atoms with E-state index in [0.717, 1.165) is 51.3 Å². The van der Waals surface area contributed by atoms with Gasteiger partial charge < -0.3 is 21.7 Å². The fourth-order valence-corrected chi connectivity index (χ4v) is 3.68. The standard InChI is InChI=1S/C21H31N5.ClH/c1-16-11-19(26-21(22)12-16)13-18-14-24-15-20(18)25-10-9-23-8-7-17-5-3-2-4-6-17;/h2-6,11-12,18,20,23-25H,7-10,13-15H2,1H3,(H2,22,26);1H/t18-,20+;/m0./s1. The molecule has 0 saturated carbocycles. The van der Waals surface area contributed by atoms with Gasteiger partial charge in [-0.05, 0) is 62.0 Å². The molecule has 6 heteroatoms. The van der Waals surface area contributed by atoms with Gasteiger partial charge in [0.15, 0.2) is 0 Å². The van der Waals surface area contributed by atoms with E-state index in [1.54, 1.807) is 0 Å². The molecule has 1 saturated heterocycles. The number of pyridine rings is 1. The Kier molecular flexibility index (Phi) is 9.01. The van der Waals surface area contributed by atoms with Gasteiger partial charge in [-0.3, -0.25) is 0 Å². The van der Waals surface area contributed by atoms with E-state index in [1.165, 1.54) is 11.1 Å². The average Bonchev–Trinajstić information content (AvgIpc) is 3.05. The minimum atomic E-state index is 0. The number of nitrogens with one attached hydrogen (secondary N) is 3. The van der Waals surface area contributed by atoms with Crippen LogP contribution in [0.1, 0.15) is 16.8 Å². The summed E-state index contributed by atoms with van der Waals surface area (Å²) in [4.78, 5) is 4.49. The molecule has 1 aromatic heterocycles. The number of aryl methyl sites for hydroxylation is 1. The van der Waals surface area contributed by atoms with Gasteiger partial charge in [0.25, 0.3) is 0 Å². The van der Waals surface area contributed by atoms with Gasteiger partial charge in [-0.25, -0.2) is 4.98 Å².